The van der Waals surface area contributed by atoms with E-state index >= 15 is 0 Å². The Morgan fingerprint density at radius 2 is 1.67 bits per heavy atom. The van der Waals surface area contributed by atoms with Gasteiger partial charge in [0.2, 0.25) is 12.3 Å². The summed E-state index contributed by atoms with van der Waals surface area (Å²) in [5.74, 6) is 0.343. The zero-order chi connectivity index (χ0) is 43.2. The first-order chi connectivity index (χ1) is 28.2. The van der Waals surface area contributed by atoms with Crippen molar-refractivity contribution in [1.29, 1.82) is 0 Å². The maximum Gasteiger partial charge on any atom is 3.00 e. The fraction of sp³-hybridized carbons (Fsp3) is 0.178. The van der Waals surface area contributed by atoms with E-state index in [1.807, 2.05) is 57.2 Å². The van der Waals surface area contributed by atoms with Crippen molar-refractivity contribution in [1.82, 2.24) is 20.2 Å². The maximum atomic E-state index is 8.94. The summed E-state index contributed by atoms with van der Waals surface area (Å²) in [6.07, 6.45) is 4.41. The number of furan rings is 1. The molecule has 0 saturated carbocycles. The number of rotatable bonds is 5. The van der Waals surface area contributed by atoms with Gasteiger partial charge in [-0.3, -0.25) is 0 Å². The van der Waals surface area contributed by atoms with Gasteiger partial charge < -0.3 is 26.2 Å². The molecule has 0 N–H and O–H groups in total. The van der Waals surface area contributed by atoms with Crippen LogP contribution < -0.4 is 0 Å². The Morgan fingerprint density at radius 1 is 0.808 bits per heavy atom. The largest absolute Gasteiger partial charge is 3.00 e. The minimum Gasteiger partial charge on any atom is -0.501 e. The van der Waals surface area contributed by atoms with Crippen LogP contribution in [-0.4, -0.2) is 20.2 Å². The summed E-state index contributed by atoms with van der Waals surface area (Å²) in [6.45, 7) is -1.22. The van der Waals surface area contributed by atoms with E-state index in [0.29, 0.717) is 45.9 Å². The van der Waals surface area contributed by atoms with Crippen LogP contribution in [0.1, 0.15) is 56.7 Å². The molecule has 0 fully saturated rings. The first-order valence-electron chi connectivity index (χ1n) is 20.9. The number of pyridine rings is 2. The Bertz CT molecular complexity index is 2800. The molecule has 0 aliphatic heterocycles. The number of nitrogens with zero attached hydrogens (tertiary/aromatic N) is 4. The first kappa shape index (κ1) is 26.5. The molecule has 4 heterocycles. The van der Waals surface area contributed by atoms with E-state index < -0.39 is 20.6 Å². The molecule has 0 amide bonds. The Balaban J connectivity index is 0.000000340. The molecule has 0 radical (unpaired) electrons. The number of hydrogen-bond acceptors (Lipinski definition) is 6. The standard InChI is InChI=1S/C32H28N3O2.C12H10N.CH3.Ir/c1-19-13-21(16-32(3,4)5)9-11-23(19)27-15-28(33-17-20(27)2)26-8-6-7-25-24-12-10-22(31-35-34-18-36-31)14-29(24)37-30(25)26;1-10-7-8-12(13-9-10)11-5-3-2-4-6-11;;/h6-7,9-15,17-18H,16H2,1-5H3;2-5,7-9H,1H3;1H3;/q3*-1;+3/i1D3,2D3,11D;1D3;;. The van der Waals surface area contributed by atoms with Crippen molar-refractivity contribution in [3.05, 3.63) is 152 Å². The molecule has 0 aliphatic rings. The summed E-state index contributed by atoms with van der Waals surface area (Å²) in [6, 6.07) is 30.7. The normalized spacial score (nSPS) is 14.6. The smallest absolute Gasteiger partial charge is 0.501 e. The van der Waals surface area contributed by atoms with E-state index in [4.69, 9.17) is 22.5 Å². The van der Waals surface area contributed by atoms with Gasteiger partial charge in [-0.1, -0.05) is 74.2 Å². The number of aryl methyl sites for hydroxylation is 3. The van der Waals surface area contributed by atoms with E-state index in [2.05, 4.69) is 32.3 Å². The molecule has 8 rings (SSSR count). The van der Waals surface area contributed by atoms with Crippen LogP contribution in [0, 0.1) is 45.5 Å². The van der Waals surface area contributed by atoms with Gasteiger partial charge in [0.1, 0.15) is 5.58 Å². The van der Waals surface area contributed by atoms with Crippen molar-refractivity contribution in [2.75, 3.05) is 0 Å². The number of hydrogen-bond donors (Lipinski definition) is 0. The van der Waals surface area contributed by atoms with Crippen molar-refractivity contribution in [3.63, 3.8) is 0 Å². The predicted molar refractivity (Wildman–Crippen MR) is 207 cm³/mol. The molecular weight excluding hydrogens is 821 g/mol. The first-order valence-corrected chi connectivity index (χ1v) is 15.9. The average molecular weight is 872 g/mol. The molecule has 0 unspecified atom stereocenters. The van der Waals surface area contributed by atoms with Crippen LogP contribution in [0.3, 0.4) is 0 Å². The van der Waals surface area contributed by atoms with E-state index in [-0.39, 0.29) is 66.8 Å². The summed E-state index contributed by atoms with van der Waals surface area (Å²) in [5, 5.41) is 9.30. The van der Waals surface area contributed by atoms with Gasteiger partial charge in [0, 0.05) is 35.7 Å². The quantitative estimate of drug-likeness (QED) is 0.160. The van der Waals surface area contributed by atoms with E-state index in [9.17, 15) is 0 Å². The fourth-order valence-corrected chi connectivity index (χ4v) is 5.75. The van der Waals surface area contributed by atoms with Crippen LogP contribution in [0.4, 0.5) is 0 Å². The van der Waals surface area contributed by atoms with E-state index in [0.717, 1.165) is 22.0 Å². The van der Waals surface area contributed by atoms with Crippen molar-refractivity contribution in [3.8, 4) is 45.1 Å². The second-order valence-electron chi connectivity index (χ2n) is 13.0. The SMILES string of the molecule is [2H]C([2H])([2H])c1ccc(-c2[c-]cccc2)nc1.[2H]c1cc(CC(C)(C)C)cc(C([2H])([2H])[2H])c1-c1cc(-c2[c-]ccc3c2oc2cc(-c4nnco4)ccc23)ncc1C([2H])([2H])[2H].[CH3-].[Ir+3]. The summed E-state index contributed by atoms with van der Waals surface area (Å²) in [5.41, 5.74) is 4.80. The van der Waals surface area contributed by atoms with Gasteiger partial charge in [-0.15, -0.1) is 64.3 Å². The molecular formula is C45H41IrN4O2. The Kier molecular flexibility index (Phi) is 8.15. The molecule has 0 atom stereocenters. The summed E-state index contributed by atoms with van der Waals surface area (Å²) in [7, 11) is 0. The molecule has 8 aromatic rings. The Morgan fingerprint density at radius 3 is 2.38 bits per heavy atom. The zero-order valence-electron chi connectivity index (χ0n) is 39.0. The van der Waals surface area contributed by atoms with Crippen molar-refractivity contribution in [2.24, 2.45) is 5.41 Å². The fourth-order valence-electron chi connectivity index (χ4n) is 5.75. The topological polar surface area (TPSA) is 77.8 Å². The Labute approximate surface area is 333 Å². The van der Waals surface area contributed by atoms with E-state index in [1.165, 1.54) is 24.9 Å². The van der Waals surface area contributed by atoms with E-state index in [1.54, 1.807) is 42.5 Å². The zero-order valence-corrected chi connectivity index (χ0v) is 31.4. The van der Waals surface area contributed by atoms with Crippen LogP contribution in [0.2, 0.25) is 0 Å². The number of fused-ring (bicyclic) bond motifs is 3. The predicted octanol–water partition coefficient (Wildman–Crippen LogP) is 11.7. The van der Waals surface area contributed by atoms with Gasteiger partial charge in [-0.05, 0) is 89.3 Å². The molecule has 6 nitrogen and oxygen atoms in total. The molecule has 4 aromatic heterocycles. The molecule has 0 bridgehead atoms. The molecule has 7 heteroatoms. The molecule has 0 spiro atoms. The minimum atomic E-state index is -2.62. The summed E-state index contributed by atoms with van der Waals surface area (Å²) in [4.78, 5) is 8.61. The third-order valence-corrected chi connectivity index (χ3v) is 7.95. The molecule has 262 valence electrons. The summed E-state index contributed by atoms with van der Waals surface area (Å²) >= 11 is 0. The Hall–Kier alpha value is -5.23. The van der Waals surface area contributed by atoms with Crippen molar-refractivity contribution < 1.29 is 42.6 Å². The van der Waals surface area contributed by atoms with Crippen molar-refractivity contribution >= 4 is 21.9 Å². The van der Waals surface area contributed by atoms with Gasteiger partial charge in [0.05, 0.1) is 6.95 Å². The minimum absolute atomic E-state index is 0. The van der Waals surface area contributed by atoms with Crippen LogP contribution in [0.25, 0.3) is 67.0 Å². The second-order valence-corrected chi connectivity index (χ2v) is 13.0. The van der Waals surface area contributed by atoms with Crippen LogP contribution >= 0.6 is 0 Å². The third-order valence-electron chi connectivity index (χ3n) is 7.95. The second kappa shape index (κ2) is 16.0. The van der Waals surface area contributed by atoms with Gasteiger partial charge in [0.15, 0.2) is 0 Å². The molecule has 0 saturated heterocycles. The number of benzene rings is 4. The van der Waals surface area contributed by atoms with Gasteiger partial charge in [-0.2, -0.15) is 0 Å². The van der Waals surface area contributed by atoms with Crippen LogP contribution in [0.5, 0.6) is 0 Å². The average Bonchev–Trinajstić information content (AvgIpc) is 3.85. The number of aromatic nitrogens is 4. The molecule has 4 aromatic carbocycles. The molecule has 52 heavy (non-hydrogen) atoms. The monoisotopic (exact) mass is 872 g/mol. The van der Waals surface area contributed by atoms with Gasteiger partial charge in [-0.25, -0.2) is 0 Å². The molecule has 0 aliphatic carbocycles. The maximum absolute atomic E-state index is 8.94. The summed E-state index contributed by atoms with van der Waals surface area (Å²) < 4.78 is 91.9. The van der Waals surface area contributed by atoms with Gasteiger partial charge >= 0.3 is 20.1 Å². The van der Waals surface area contributed by atoms with Crippen LogP contribution in [0.15, 0.2) is 119 Å². The third kappa shape index (κ3) is 8.28. The van der Waals surface area contributed by atoms with Gasteiger partial charge in [0.25, 0.3) is 0 Å². The van der Waals surface area contributed by atoms with Crippen LogP contribution in [-0.2, 0) is 26.5 Å². The van der Waals surface area contributed by atoms with Crippen molar-refractivity contribution in [2.45, 2.75) is 47.7 Å².